The van der Waals surface area contributed by atoms with E-state index in [0.717, 1.165) is 0 Å². The fourth-order valence-corrected chi connectivity index (χ4v) is 4.27. The van der Waals surface area contributed by atoms with Crippen molar-refractivity contribution in [3.05, 3.63) is 18.7 Å². The standard InChI is InChI=1S/C27H53N2/c1-3-5-7-9-11-13-14-15-16-18-20-22-24-29-26-25-28(27-29)23-21-19-17-12-10-8-6-4-2/h25-27H,3-24H2,1-2H3/q+1. The van der Waals surface area contributed by atoms with Crippen molar-refractivity contribution in [3.8, 4) is 0 Å². The van der Waals surface area contributed by atoms with Crippen molar-refractivity contribution in [2.45, 2.75) is 155 Å². The van der Waals surface area contributed by atoms with E-state index in [4.69, 9.17) is 0 Å². The van der Waals surface area contributed by atoms with Gasteiger partial charge >= 0.3 is 0 Å². The Morgan fingerprint density at radius 3 is 1.41 bits per heavy atom. The number of aromatic nitrogens is 2. The zero-order valence-electron chi connectivity index (χ0n) is 20.2. The van der Waals surface area contributed by atoms with E-state index in [0.29, 0.717) is 0 Å². The summed E-state index contributed by atoms with van der Waals surface area (Å²) >= 11 is 0. The molecule has 0 aromatic carbocycles. The van der Waals surface area contributed by atoms with Gasteiger partial charge in [-0.25, -0.2) is 9.13 Å². The van der Waals surface area contributed by atoms with Crippen LogP contribution in [0, 0.1) is 0 Å². The Balaban J connectivity index is 1.87. The predicted molar refractivity (Wildman–Crippen MR) is 128 cm³/mol. The molecule has 2 heteroatoms. The zero-order valence-corrected chi connectivity index (χ0v) is 20.2. The SMILES string of the molecule is CCCCCCCCCCCCCC[n+]1ccn(CCCCCCCCCC)c1. The van der Waals surface area contributed by atoms with Crippen LogP contribution in [0.5, 0.6) is 0 Å². The molecule has 0 radical (unpaired) electrons. The molecule has 0 aliphatic rings. The maximum Gasteiger partial charge on any atom is 0.243 e. The minimum Gasteiger partial charge on any atom is -0.237 e. The number of aryl methyl sites for hydroxylation is 2. The zero-order chi connectivity index (χ0) is 20.8. The van der Waals surface area contributed by atoms with E-state index in [1.54, 1.807) is 0 Å². The van der Waals surface area contributed by atoms with E-state index in [1.165, 1.54) is 142 Å². The van der Waals surface area contributed by atoms with Crippen LogP contribution < -0.4 is 4.57 Å². The van der Waals surface area contributed by atoms with E-state index in [2.05, 4.69) is 41.7 Å². The lowest BCUT2D eigenvalue weighted by Crippen LogP contribution is -2.30. The molecule has 0 aliphatic carbocycles. The Bertz CT molecular complexity index is 438. The van der Waals surface area contributed by atoms with Gasteiger partial charge in [-0.05, 0) is 25.7 Å². The number of unbranched alkanes of at least 4 members (excludes halogenated alkanes) is 18. The summed E-state index contributed by atoms with van der Waals surface area (Å²) in [5.41, 5.74) is 0. The van der Waals surface area contributed by atoms with E-state index in [1.807, 2.05) is 0 Å². The van der Waals surface area contributed by atoms with Gasteiger partial charge in [-0.3, -0.25) is 0 Å². The first-order valence-corrected chi connectivity index (χ1v) is 13.4. The minimum atomic E-state index is 1.19. The molecule has 0 saturated heterocycles. The maximum atomic E-state index is 2.39. The predicted octanol–water partition coefficient (Wildman–Crippen LogP) is 8.62. The first kappa shape index (κ1) is 26.2. The van der Waals surface area contributed by atoms with Crippen molar-refractivity contribution < 1.29 is 4.57 Å². The van der Waals surface area contributed by atoms with Crippen LogP contribution in [-0.4, -0.2) is 4.57 Å². The number of nitrogens with zero attached hydrogens (tertiary/aromatic N) is 2. The molecule has 0 atom stereocenters. The molecular weight excluding hydrogens is 352 g/mol. The number of imidazole rings is 1. The second kappa shape index (κ2) is 20.5. The highest BCUT2D eigenvalue weighted by atomic mass is 15.1. The highest BCUT2D eigenvalue weighted by Crippen LogP contribution is 2.12. The largest absolute Gasteiger partial charge is 0.243 e. The quantitative estimate of drug-likeness (QED) is 0.135. The van der Waals surface area contributed by atoms with Crippen LogP contribution in [0.4, 0.5) is 0 Å². The average molecular weight is 406 g/mol. The summed E-state index contributed by atoms with van der Waals surface area (Å²) < 4.78 is 4.78. The molecule has 2 nitrogen and oxygen atoms in total. The molecule has 0 amide bonds. The fourth-order valence-electron chi connectivity index (χ4n) is 4.27. The number of hydrogen-bond donors (Lipinski definition) is 0. The van der Waals surface area contributed by atoms with E-state index in [9.17, 15) is 0 Å². The summed E-state index contributed by atoms with van der Waals surface area (Å²) in [7, 11) is 0. The van der Waals surface area contributed by atoms with Gasteiger partial charge in [0.05, 0.1) is 13.1 Å². The van der Waals surface area contributed by atoms with Crippen molar-refractivity contribution in [1.29, 1.82) is 0 Å². The second-order valence-corrected chi connectivity index (χ2v) is 9.25. The third-order valence-corrected chi connectivity index (χ3v) is 6.29. The number of rotatable bonds is 22. The molecule has 29 heavy (non-hydrogen) atoms. The smallest absolute Gasteiger partial charge is 0.237 e. The summed E-state index contributed by atoms with van der Waals surface area (Å²) in [5, 5.41) is 0. The number of hydrogen-bond acceptors (Lipinski definition) is 0. The molecule has 170 valence electrons. The van der Waals surface area contributed by atoms with E-state index in [-0.39, 0.29) is 0 Å². The Labute approximate surface area is 183 Å². The molecule has 0 bridgehead atoms. The maximum absolute atomic E-state index is 2.39. The van der Waals surface area contributed by atoms with Crippen LogP contribution in [0.25, 0.3) is 0 Å². The van der Waals surface area contributed by atoms with Crippen LogP contribution >= 0.6 is 0 Å². The highest BCUT2D eigenvalue weighted by Gasteiger charge is 2.03. The summed E-state index contributed by atoms with van der Waals surface area (Å²) in [6.07, 6.45) is 35.2. The van der Waals surface area contributed by atoms with Crippen LogP contribution in [0.1, 0.15) is 142 Å². The van der Waals surface area contributed by atoms with E-state index < -0.39 is 0 Å². The van der Waals surface area contributed by atoms with Crippen LogP contribution in [0.3, 0.4) is 0 Å². The van der Waals surface area contributed by atoms with Gasteiger partial charge in [-0.2, -0.15) is 0 Å². The van der Waals surface area contributed by atoms with Gasteiger partial charge in [0, 0.05) is 0 Å². The van der Waals surface area contributed by atoms with Crippen LogP contribution in [-0.2, 0) is 13.1 Å². The molecule has 1 aromatic heterocycles. The van der Waals surface area contributed by atoms with Gasteiger partial charge in [0.2, 0.25) is 6.33 Å². The van der Waals surface area contributed by atoms with Crippen LogP contribution in [0.15, 0.2) is 18.7 Å². The van der Waals surface area contributed by atoms with Gasteiger partial charge in [0.25, 0.3) is 0 Å². The molecule has 0 N–H and O–H groups in total. The normalized spacial score (nSPS) is 11.4. The Morgan fingerprint density at radius 2 is 0.931 bits per heavy atom. The lowest BCUT2D eigenvalue weighted by molar-refractivity contribution is -0.696. The molecule has 0 aliphatic heterocycles. The topological polar surface area (TPSA) is 8.81 Å². The van der Waals surface area contributed by atoms with Crippen LogP contribution in [0.2, 0.25) is 0 Å². The third-order valence-electron chi connectivity index (χ3n) is 6.29. The Morgan fingerprint density at radius 1 is 0.517 bits per heavy atom. The van der Waals surface area contributed by atoms with Crippen molar-refractivity contribution in [3.63, 3.8) is 0 Å². The van der Waals surface area contributed by atoms with Crippen molar-refractivity contribution in [2.24, 2.45) is 0 Å². The minimum absolute atomic E-state index is 1.19. The summed E-state index contributed by atoms with van der Waals surface area (Å²) in [4.78, 5) is 0. The van der Waals surface area contributed by atoms with Crippen molar-refractivity contribution in [2.75, 3.05) is 0 Å². The van der Waals surface area contributed by atoms with Gasteiger partial charge in [0.15, 0.2) is 0 Å². The average Bonchev–Trinajstić information content (AvgIpc) is 3.18. The van der Waals surface area contributed by atoms with Gasteiger partial charge in [0.1, 0.15) is 12.4 Å². The molecular formula is C27H53N2+. The summed E-state index contributed by atoms with van der Waals surface area (Å²) in [6, 6.07) is 0. The lowest BCUT2D eigenvalue weighted by Gasteiger charge is -2.02. The highest BCUT2D eigenvalue weighted by molar-refractivity contribution is 4.66. The third kappa shape index (κ3) is 16.7. The fraction of sp³-hybridized carbons (Fsp3) is 0.889. The first-order chi connectivity index (χ1) is 14.4. The summed E-state index contributed by atoms with van der Waals surface area (Å²) in [6.45, 7) is 6.98. The Kier molecular flexibility index (Phi) is 18.5. The monoisotopic (exact) mass is 405 g/mol. The van der Waals surface area contributed by atoms with Gasteiger partial charge < -0.3 is 0 Å². The molecule has 1 aromatic rings. The molecule has 0 saturated carbocycles. The van der Waals surface area contributed by atoms with Crippen molar-refractivity contribution >= 4 is 0 Å². The first-order valence-electron chi connectivity index (χ1n) is 13.4. The Hall–Kier alpha value is -0.790. The van der Waals surface area contributed by atoms with Crippen molar-refractivity contribution in [1.82, 2.24) is 4.57 Å². The molecule has 1 heterocycles. The molecule has 0 fully saturated rings. The summed E-state index contributed by atoms with van der Waals surface area (Å²) in [5.74, 6) is 0. The van der Waals surface area contributed by atoms with E-state index >= 15 is 0 Å². The second-order valence-electron chi connectivity index (χ2n) is 9.25. The van der Waals surface area contributed by atoms with Gasteiger partial charge in [-0.1, -0.05) is 117 Å². The molecule has 0 unspecified atom stereocenters. The lowest BCUT2D eigenvalue weighted by atomic mass is 10.1. The molecule has 0 spiro atoms. The molecule has 1 rings (SSSR count). The van der Waals surface area contributed by atoms with Gasteiger partial charge in [-0.15, -0.1) is 0 Å².